The van der Waals surface area contributed by atoms with Gasteiger partial charge in [-0.05, 0) is 19.9 Å². The zero-order valence-corrected chi connectivity index (χ0v) is 12.6. The zero-order chi connectivity index (χ0) is 15.5. The monoisotopic (exact) mass is 293 g/mol. The van der Waals surface area contributed by atoms with Crippen LogP contribution in [-0.4, -0.2) is 35.2 Å². The molecular weight excluding hydrogens is 270 g/mol. The molecule has 2 amide bonds. The SMILES string of the molecule is CNC(C(=O)NCC1(C(N)=O)CCCC1)c1cnn(C)c1. The molecular formula is C14H23N5O2. The quantitative estimate of drug-likeness (QED) is 0.678. The van der Waals surface area contributed by atoms with Gasteiger partial charge in [-0.2, -0.15) is 5.10 Å². The summed E-state index contributed by atoms with van der Waals surface area (Å²) in [5, 5.41) is 9.90. The Kier molecular flexibility index (Phi) is 4.62. The van der Waals surface area contributed by atoms with Crippen LogP contribution in [0.3, 0.4) is 0 Å². The maximum absolute atomic E-state index is 12.3. The van der Waals surface area contributed by atoms with Gasteiger partial charge in [0.2, 0.25) is 11.8 Å². The van der Waals surface area contributed by atoms with E-state index in [0.717, 1.165) is 31.2 Å². The normalized spacial score (nSPS) is 18.4. The molecule has 7 heteroatoms. The number of likely N-dealkylation sites (N-methyl/N-ethyl adjacent to an activating group) is 1. The number of carbonyl (C=O) groups is 2. The van der Waals surface area contributed by atoms with Crippen molar-refractivity contribution < 1.29 is 9.59 Å². The average Bonchev–Trinajstić information content (AvgIpc) is 3.07. The van der Waals surface area contributed by atoms with Crippen LogP contribution in [0, 0.1) is 5.41 Å². The van der Waals surface area contributed by atoms with Gasteiger partial charge >= 0.3 is 0 Å². The summed E-state index contributed by atoms with van der Waals surface area (Å²) in [6, 6.07) is -0.481. The van der Waals surface area contributed by atoms with Gasteiger partial charge < -0.3 is 16.4 Å². The second kappa shape index (κ2) is 6.26. The Hall–Kier alpha value is -1.89. The third kappa shape index (κ3) is 3.24. The van der Waals surface area contributed by atoms with Crippen molar-refractivity contribution in [2.45, 2.75) is 31.7 Å². The topological polar surface area (TPSA) is 102 Å². The minimum Gasteiger partial charge on any atom is -0.369 e. The van der Waals surface area contributed by atoms with Crippen LogP contribution in [0.2, 0.25) is 0 Å². The van der Waals surface area contributed by atoms with Crippen molar-refractivity contribution in [1.82, 2.24) is 20.4 Å². The summed E-state index contributed by atoms with van der Waals surface area (Å²) >= 11 is 0. The maximum atomic E-state index is 12.3. The van der Waals surface area contributed by atoms with Crippen LogP contribution in [-0.2, 0) is 16.6 Å². The van der Waals surface area contributed by atoms with Crippen LogP contribution in [0.4, 0.5) is 0 Å². The highest BCUT2D eigenvalue weighted by atomic mass is 16.2. The van der Waals surface area contributed by atoms with Gasteiger partial charge in [-0.15, -0.1) is 0 Å². The van der Waals surface area contributed by atoms with Gasteiger partial charge in [0, 0.05) is 25.4 Å². The van der Waals surface area contributed by atoms with E-state index in [1.165, 1.54) is 0 Å². The molecule has 2 rings (SSSR count). The molecule has 1 heterocycles. The van der Waals surface area contributed by atoms with E-state index in [-0.39, 0.29) is 11.8 Å². The molecule has 1 atom stereocenters. The number of nitrogens with zero attached hydrogens (tertiary/aromatic N) is 2. The van der Waals surface area contributed by atoms with Crippen molar-refractivity contribution in [2.75, 3.05) is 13.6 Å². The fraction of sp³-hybridized carbons (Fsp3) is 0.643. The summed E-state index contributed by atoms with van der Waals surface area (Å²) in [7, 11) is 3.52. The van der Waals surface area contributed by atoms with E-state index in [1.54, 1.807) is 31.2 Å². The van der Waals surface area contributed by atoms with E-state index in [4.69, 9.17) is 5.73 Å². The van der Waals surface area contributed by atoms with Crippen LogP contribution in [0.15, 0.2) is 12.4 Å². The average molecular weight is 293 g/mol. The first kappa shape index (κ1) is 15.5. The summed E-state index contributed by atoms with van der Waals surface area (Å²) in [5.41, 5.74) is 5.73. The number of amides is 2. The van der Waals surface area contributed by atoms with E-state index in [2.05, 4.69) is 15.7 Å². The second-order valence-corrected chi connectivity index (χ2v) is 5.74. The molecule has 1 fully saturated rings. The minimum atomic E-state index is -0.580. The van der Waals surface area contributed by atoms with E-state index >= 15 is 0 Å². The predicted octanol–water partition coefficient (Wildman–Crippen LogP) is -0.157. The Balaban J connectivity index is 2.01. The fourth-order valence-corrected chi connectivity index (χ4v) is 2.96. The maximum Gasteiger partial charge on any atom is 0.241 e. The summed E-state index contributed by atoms with van der Waals surface area (Å²) in [6.45, 7) is 0.305. The minimum absolute atomic E-state index is 0.168. The number of hydrogen-bond acceptors (Lipinski definition) is 4. The van der Waals surface area contributed by atoms with Crippen LogP contribution >= 0.6 is 0 Å². The first-order chi connectivity index (χ1) is 9.98. The molecule has 1 aromatic rings. The number of hydrogen-bond donors (Lipinski definition) is 3. The Labute approximate surface area is 124 Å². The largest absolute Gasteiger partial charge is 0.369 e. The van der Waals surface area contributed by atoms with Crippen LogP contribution in [0.25, 0.3) is 0 Å². The van der Waals surface area contributed by atoms with Gasteiger partial charge in [-0.3, -0.25) is 14.3 Å². The number of carbonyl (C=O) groups excluding carboxylic acids is 2. The highest BCUT2D eigenvalue weighted by Crippen LogP contribution is 2.37. The number of rotatable bonds is 6. The third-order valence-electron chi connectivity index (χ3n) is 4.29. The molecule has 0 spiro atoms. The number of primary amides is 1. The van der Waals surface area contributed by atoms with Crippen molar-refractivity contribution in [3.05, 3.63) is 18.0 Å². The summed E-state index contributed by atoms with van der Waals surface area (Å²) in [4.78, 5) is 24.0. The summed E-state index contributed by atoms with van der Waals surface area (Å²) < 4.78 is 1.65. The number of nitrogens with two attached hydrogens (primary N) is 1. The number of nitrogens with one attached hydrogen (secondary N) is 2. The highest BCUT2D eigenvalue weighted by Gasteiger charge is 2.40. The lowest BCUT2D eigenvalue weighted by molar-refractivity contribution is -0.128. The van der Waals surface area contributed by atoms with Crippen molar-refractivity contribution in [3.63, 3.8) is 0 Å². The van der Waals surface area contributed by atoms with Crippen molar-refractivity contribution in [3.8, 4) is 0 Å². The molecule has 116 valence electrons. The van der Waals surface area contributed by atoms with E-state index in [9.17, 15) is 9.59 Å². The van der Waals surface area contributed by atoms with E-state index < -0.39 is 11.5 Å². The van der Waals surface area contributed by atoms with Crippen LogP contribution in [0.1, 0.15) is 37.3 Å². The highest BCUT2D eigenvalue weighted by molar-refractivity contribution is 5.85. The first-order valence-corrected chi connectivity index (χ1v) is 7.22. The number of aryl methyl sites for hydroxylation is 1. The Morgan fingerprint density at radius 1 is 1.48 bits per heavy atom. The molecule has 7 nitrogen and oxygen atoms in total. The fourth-order valence-electron chi connectivity index (χ4n) is 2.96. The molecule has 0 saturated heterocycles. The lowest BCUT2D eigenvalue weighted by atomic mass is 9.85. The molecule has 0 bridgehead atoms. The molecule has 1 aliphatic carbocycles. The molecule has 1 unspecified atom stereocenters. The van der Waals surface area contributed by atoms with Crippen molar-refractivity contribution in [1.29, 1.82) is 0 Å². The molecule has 0 aromatic carbocycles. The van der Waals surface area contributed by atoms with Gasteiger partial charge in [0.25, 0.3) is 0 Å². The molecule has 1 aliphatic rings. The van der Waals surface area contributed by atoms with E-state index in [1.807, 2.05) is 0 Å². The molecule has 4 N–H and O–H groups in total. The summed E-state index contributed by atoms with van der Waals surface area (Å²) in [5.74, 6) is -0.485. The van der Waals surface area contributed by atoms with Gasteiger partial charge in [-0.25, -0.2) is 0 Å². The van der Waals surface area contributed by atoms with Gasteiger partial charge in [0.05, 0.1) is 11.6 Å². The van der Waals surface area contributed by atoms with Crippen molar-refractivity contribution in [2.24, 2.45) is 18.2 Å². The molecule has 0 radical (unpaired) electrons. The standard InChI is InChI=1S/C14H23N5O2/c1-16-11(10-7-18-19(2)8-10)12(20)17-9-14(13(15)21)5-3-4-6-14/h7-8,11,16H,3-6,9H2,1-2H3,(H2,15,21)(H,17,20). The third-order valence-corrected chi connectivity index (χ3v) is 4.29. The second-order valence-electron chi connectivity index (χ2n) is 5.74. The van der Waals surface area contributed by atoms with Crippen LogP contribution in [0.5, 0.6) is 0 Å². The number of aromatic nitrogens is 2. The Morgan fingerprint density at radius 3 is 2.62 bits per heavy atom. The molecule has 1 saturated carbocycles. The lowest BCUT2D eigenvalue weighted by Gasteiger charge is -2.26. The van der Waals surface area contributed by atoms with Gasteiger partial charge in [0.1, 0.15) is 6.04 Å². The summed E-state index contributed by atoms with van der Waals surface area (Å²) in [6.07, 6.45) is 6.91. The Bertz CT molecular complexity index is 519. The lowest BCUT2D eigenvalue weighted by Crippen LogP contribution is -2.47. The molecule has 0 aliphatic heterocycles. The van der Waals surface area contributed by atoms with Crippen molar-refractivity contribution >= 4 is 11.8 Å². The van der Waals surface area contributed by atoms with E-state index in [0.29, 0.717) is 6.54 Å². The molecule has 1 aromatic heterocycles. The zero-order valence-electron chi connectivity index (χ0n) is 12.6. The van der Waals surface area contributed by atoms with Crippen LogP contribution < -0.4 is 16.4 Å². The Morgan fingerprint density at radius 2 is 2.14 bits per heavy atom. The van der Waals surface area contributed by atoms with Gasteiger partial charge in [-0.1, -0.05) is 12.8 Å². The smallest absolute Gasteiger partial charge is 0.241 e. The first-order valence-electron chi connectivity index (χ1n) is 7.22. The molecule has 21 heavy (non-hydrogen) atoms. The van der Waals surface area contributed by atoms with Gasteiger partial charge in [0.15, 0.2) is 0 Å². The predicted molar refractivity (Wildman–Crippen MR) is 78.1 cm³/mol.